The molecule has 0 aromatic heterocycles. The van der Waals surface area contributed by atoms with E-state index in [1.165, 1.54) is 6.07 Å². The first kappa shape index (κ1) is 14.5. The van der Waals surface area contributed by atoms with Crippen molar-refractivity contribution in [1.82, 2.24) is 0 Å². The molecule has 0 N–H and O–H groups in total. The Morgan fingerprint density at radius 2 is 1.94 bits per heavy atom. The van der Waals surface area contributed by atoms with Gasteiger partial charge in [0.1, 0.15) is 5.78 Å². The second-order valence-corrected chi connectivity index (χ2v) is 4.29. The fourth-order valence-corrected chi connectivity index (χ4v) is 1.82. The van der Waals surface area contributed by atoms with Gasteiger partial charge in [-0.2, -0.15) is 13.2 Å². The van der Waals surface area contributed by atoms with E-state index in [4.69, 9.17) is 11.6 Å². The zero-order valence-corrected chi connectivity index (χ0v) is 11.0. The van der Waals surface area contributed by atoms with Crippen molar-refractivity contribution in [1.29, 1.82) is 0 Å². The summed E-state index contributed by atoms with van der Waals surface area (Å²) in [6.45, 7) is 0. The van der Waals surface area contributed by atoms with Crippen molar-refractivity contribution in [2.75, 3.05) is 5.33 Å². The molecule has 0 aliphatic carbocycles. The predicted octanol–water partition coefficient (Wildman–Crippen LogP) is 3.95. The van der Waals surface area contributed by atoms with E-state index in [0.29, 0.717) is 11.1 Å². The number of Topliss-reactive ketones (excluding diaryl/α,β-unsaturated/α-hetero) is 1. The third-order valence-electron chi connectivity index (χ3n) is 2.21. The van der Waals surface area contributed by atoms with Gasteiger partial charge in [-0.05, 0) is 23.3 Å². The maximum atomic E-state index is 12.5. The lowest BCUT2D eigenvalue weighted by Crippen LogP contribution is -2.10. The lowest BCUT2D eigenvalue weighted by atomic mass is 10.0. The molecule has 0 saturated carbocycles. The maximum absolute atomic E-state index is 12.5. The first-order valence-electron chi connectivity index (χ1n) is 4.71. The number of hydrogen-bond acceptors (Lipinski definition) is 1. The van der Waals surface area contributed by atoms with Crippen LogP contribution in [-0.2, 0) is 23.3 Å². The van der Waals surface area contributed by atoms with Crippen LogP contribution in [0.2, 0.25) is 0 Å². The van der Waals surface area contributed by atoms with Crippen LogP contribution < -0.4 is 0 Å². The molecule has 0 fully saturated rings. The Kier molecular flexibility index (Phi) is 5.01. The van der Waals surface area contributed by atoms with E-state index in [1.807, 2.05) is 0 Å². The van der Waals surface area contributed by atoms with Gasteiger partial charge in [0, 0.05) is 12.3 Å². The highest BCUT2D eigenvalue weighted by Crippen LogP contribution is 2.31. The molecular formula is C11H9BrClF3O. The molecule has 0 aliphatic heterocycles. The van der Waals surface area contributed by atoms with Gasteiger partial charge in [0.05, 0.1) is 10.9 Å². The van der Waals surface area contributed by atoms with Crippen LogP contribution in [0.4, 0.5) is 13.2 Å². The third-order valence-corrected chi connectivity index (χ3v) is 3.13. The molecule has 0 aliphatic rings. The second-order valence-electron chi connectivity index (χ2n) is 3.46. The van der Waals surface area contributed by atoms with Crippen molar-refractivity contribution in [3.63, 3.8) is 0 Å². The zero-order chi connectivity index (χ0) is 13.1. The molecule has 0 unspecified atom stereocenters. The number of halogens is 5. The summed E-state index contributed by atoms with van der Waals surface area (Å²) in [6, 6.07) is 3.27. The van der Waals surface area contributed by atoms with E-state index in [1.54, 1.807) is 0 Å². The summed E-state index contributed by atoms with van der Waals surface area (Å²) in [7, 11) is 0. The molecule has 6 heteroatoms. The molecule has 0 heterocycles. The molecule has 1 rings (SSSR count). The number of carbonyl (C=O) groups is 1. The minimum atomic E-state index is -4.41. The van der Waals surface area contributed by atoms with Crippen LogP contribution in [0.1, 0.15) is 16.7 Å². The van der Waals surface area contributed by atoms with Crippen LogP contribution in [0.15, 0.2) is 18.2 Å². The van der Waals surface area contributed by atoms with Gasteiger partial charge in [0.2, 0.25) is 0 Å². The molecule has 1 nitrogen and oxygen atoms in total. The molecule has 1 aromatic carbocycles. The van der Waals surface area contributed by atoms with Crippen molar-refractivity contribution in [3.05, 3.63) is 34.9 Å². The normalized spacial score (nSPS) is 11.6. The van der Waals surface area contributed by atoms with Crippen LogP contribution in [-0.4, -0.2) is 11.1 Å². The molecule has 0 spiro atoms. The topological polar surface area (TPSA) is 17.1 Å². The summed E-state index contributed by atoms with van der Waals surface area (Å²) >= 11 is 8.59. The van der Waals surface area contributed by atoms with E-state index in [9.17, 15) is 18.0 Å². The van der Waals surface area contributed by atoms with Crippen LogP contribution in [0.5, 0.6) is 0 Å². The summed E-state index contributed by atoms with van der Waals surface area (Å²) in [5.41, 5.74) is 0.122. The van der Waals surface area contributed by atoms with Crippen molar-refractivity contribution in [3.8, 4) is 0 Å². The molecule has 94 valence electrons. The summed E-state index contributed by atoms with van der Waals surface area (Å²) in [4.78, 5) is 11.2. The Morgan fingerprint density at radius 3 is 2.41 bits per heavy atom. The number of carbonyl (C=O) groups excluding carboxylic acids is 1. The average molecular weight is 330 g/mol. The van der Waals surface area contributed by atoms with Gasteiger partial charge in [-0.3, -0.25) is 4.79 Å². The molecule has 1 aromatic rings. The van der Waals surface area contributed by atoms with E-state index in [0.717, 1.165) is 12.1 Å². The smallest absolute Gasteiger partial charge is 0.298 e. The Hall–Kier alpha value is -0.550. The number of hydrogen-bond donors (Lipinski definition) is 0. The molecule has 0 bridgehead atoms. The molecular weight excluding hydrogens is 320 g/mol. The molecule has 17 heavy (non-hydrogen) atoms. The van der Waals surface area contributed by atoms with Crippen molar-refractivity contribution in [2.45, 2.75) is 18.5 Å². The van der Waals surface area contributed by atoms with Crippen LogP contribution in [0, 0.1) is 0 Å². The average Bonchev–Trinajstić information content (AvgIpc) is 2.27. The van der Waals surface area contributed by atoms with Gasteiger partial charge in [-0.25, -0.2) is 0 Å². The summed E-state index contributed by atoms with van der Waals surface area (Å²) in [6.07, 6.45) is -4.45. The summed E-state index contributed by atoms with van der Waals surface area (Å²) in [5.74, 6) is -0.0982. The maximum Gasteiger partial charge on any atom is 0.416 e. The minimum Gasteiger partial charge on any atom is -0.298 e. The SMILES string of the molecule is O=C(CBr)Cc1cc(C(F)(F)F)ccc1CCl. The summed E-state index contributed by atoms with van der Waals surface area (Å²) in [5, 5.41) is 0.116. The molecule has 0 radical (unpaired) electrons. The van der Waals surface area contributed by atoms with Gasteiger partial charge in [-0.15, -0.1) is 11.6 Å². The number of rotatable bonds is 4. The van der Waals surface area contributed by atoms with Gasteiger partial charge in [-0.1, -0.05) is 22.0 Å². The van der Waals surface area contributed by atoms with Crippen molar-refractivity contribution < 1.29 is 18.0 Å². The van der Waals surface area contributed by atoms with Crippen molar-refractivity contribution >= 4 is 33.3 Å². The van der Waals surface area contributed by atoms with Gasteiger partial charge < -0.3 is 0 Å². The van der Waals surface area contributed by atoms with Crippen LogP contribution in [0.3, 0.4) is 0 Å². The van der Waals surface area contributed by atoms with Gasteiger partial charge in [0.15, 0.2) is 0 Å². The van der Waals surface area contributed by atoms with E-state index >= 15 is 0 Å². The lowest BCUT2D eigenvalue weighted by molar-refractivity contribution is -0.137. The highest BCUT2D eigenvalue weighted by molar-refractivity contribution is 9.09. The molecule has 0 saturated heterocycles. The largest absolute Gasteiger partial charge is 0.416 e. The van der Waals surface area contributed by atoms with Crippen molar-refractivity contribution in [2.24, 2.45) is 0 Å². The first-order valence-corrected chi connectivity index (χ1v) is 6.36. The standard InChI is InChI=1S/C11H9BrClF3O/c12-5-10(17)4-8-3-9(11(14,15)16)2-1-7(8)6-13/h1-3H,4-6H2. The van der Waals surface area contributed by atoms with E-state index < -0.39 is 11.7 Å². The monoisotopic (exact) mass is 328 g/mol. The fourth-order valence-electron chi connectivity index (χ4n) is 1.36. The predicted molar refractivity (Wildman–Crippen MR) is 63.5 cm³/mol. The minimum absolute atomic E-state index is 0.0444. The number of benzene rings is 1. The third kappa shape index (κ3) is 4.00. The van der Waals surface area contributed by atoms with Gasteiger partial charge >= 0.3 is 6.18 Å². The Bertz CT molecular complexity index is 418. The molecule has 0 atom stereocenters. The second kappa shape index (κ2) is 5.87. The number of ketones is 1. The lowest BCUT2D eigenvalue weighted by Gasteiger charge is -2.11. The fraction of sp³-hybridized carbons (Fsp3) is 0.364. The highest BCUT2D eigenvalue weighted by Gasteiger charge is 2.31. The van der Waals surface area contributed by atoms with E-state index in [2.05, 4.69) is 15.9 Å². The zero-order valence-electron chi connectivity index (χ0n) is 8.65. The summed E-state index contributed by atoms with van der Waals surface area (Å²) < 4.78 is 37.5. The molecule has 0 amide bonds. The van der Waals surface area contributed by atoms with E-state index in [-0.39, 0.29) is 23.4 Å². The Labute approximate surface area is 110 Å². The Morgan fingerprint density at radius 1 is 1.29 bits per heavy atom. The van der Waals surface area contributed by atoms with Crippen LogP contribution in [0.25, 0.3) is 0 Å². The Balaban J connectivity index is 3.11. The van der Waals surface area contributed by atoms with Gasteiger partial charge in [0.25, 0.3) is 0 Å². The first-order chi connectivity index (χ1) is 7.88. The number of alkyl halides is 5. The quantitative estimate of drug-likeness (QED) is 0.765. The highest BCUT2D eigenvalue weighted by atomic mass is 79.9. The van der Waals surface area contributed by atoms with Crippen LogP contribution >= 0.6 is 27.5 Å².